The normalized spacial score (nSPS) is 11.5. The SMILES string of the molecule is O=C(Cn1ccc(C(F)(F)F)n1)Nc1ccc(Br)cc1F. The van der Waals surface area contributed by atoms with Crippen molar-refractivity contribution in [3.05, 3.63) is 46.4 Å². The van der Waals surface area contributed by atoms with Crippen LogP contribution in [0.2, 0.25) is 0 Å². The van der Waals surface area contributed by atoms with E-state index in [0.29, 0.717) is 4.47 Å². The molecule has 4 nitrogen and oxygen atoms in total. The Labute approximate surface area is 124 Å². The standard InChI is InChI=1S/C12H8BrF4N3O/c13-7-1-2-9(8(14)5-7)18-11(21)6-20-4-3-10(19-20)12(15,16)17/h1-5H,6H2,(H,18,21). The van der Waals surface area contributed by atoms with Crippen molar-refractivity contribution in [2.45, 2.75) is 12.7 Å². The number of alkyl halides is 3. The Hall–Kier alpha value is -1.90. The van der Waals surface area contributed by atoms with Gasteiger partial charge in [0.05, 0.1) is 5.69 Å². The van der Waals surface area contributed by atoms with Crippen molar-refractivity contribution in [2.75, 3.05) is 5.32 Å². The van der Waals surface area contributed by atoms with Gasteiger partial charge in [-0.2, -0.15) is 18.3 Å². The Morgan fingerprint density at radius 1 is 1.33 bits per heavy atom. The fourth-order valence-electron chi connectivity index (χ4n) is 1.53. The smallest absolute Gasteiger partial charge is 0.322 e. The number of benzene rings is 1. The molecule has 0 saturated carbocycles. The van der Waals surface area contributed by atoms with Crippen molar-refractivity contribution in [3.63, 3.8) is 0 Å². The molecule has 112 valence electrons. The summed E-state index contributed by atoms with van der Waals surface area (Å²) < 4.78 is 51.9. The lowest BCUT2D eigenvalue weighted by molar-refractivity contribution is -0.141. The zero-order chi connectivity index (χ0) is 15.6. The number of nitrogens with zero attached hydrogens (tertiary/aromatic N) is 2. The Bertz CT molecular complexity index is 669. The van der Waals surface area contributed by atoms with Gasteiger partial charge >= 0.3 is 6.18 Å². The number of anilines is 1. The third kappa shape index (κ3) is 4.03. The second-order valence-electron chi connectivity index (χ2n) is 4.07. The predicted octanol–water partition coefficient (Wildman–Crippen LogP) is 3.44. The Kier molecular flexibility index (Phi) is 4.31. The number of rotatable bonds is 3. The predicted molar refractivity (Wildman–Crippen MR) is 70.0 cm³/mol. The molecule has 0 atom stereocenters. The quantitative estimate of drug-likeness (QED) is 0.847. The summed E-state index contributed by atoms with van der Waals surface area (Å²) in [6, 6.07) is 4.77. The van der Waals surface area contributed by atoms with Gasteiger partial charge in [-0.1, -0.05) is 15.9 Å². The summed E-state index contributed by atoms with van der Waals surface area (Å²) in [6.07, 6.45) is -3.54. The van der Waals surface area contributed by atoms with Gasteiger partial charge in [-0.05, 0) is 24.3 Å². The number of halogens is 5. The van der Waals surface area contributed by atoms with Crippen molar-refractivity contribution in [1.29, 1.82) is 0 Å². The van der Waals surface area contributed by atoms with E-state index in [4.69, 9.17) is 0 Å². The lowest BCUT2D eigenvalue weighted by Crippen LogP contribution is -2.20. The first-order chi connectivity index (χ1) is 9.75. The third-order valence-electron chi connectivity index (χ3n) is 2.44. The fraction of sp³-hybridized carbons (Fsp3) is 0.167. The molecule has 2 aromatic rings. The van der Waals surface area contributed by atoms with Gasteiger partial charge in [0.15, 0.2) is 5.69 Å². The van der Waals surface area contributed by atoms with E-state index in [9.17, 15) is 22.4 Å². The molecule has 0 fully saturated rings. The fourth-order valence-corrected chi connectivity index (χ4v) is 1.86. The van der Waals surface area contributed by atoms with E-state index in [1.807, 2.05) is 0 Å². The van der Waals surface area contributed by atoms with Crippen molar-refractivity contribution in [1.82, 2.24) is 9.78 Å². The average molecular weight is 366 g/mol. The zero-order valence-electron chi connectivity index (χ0n) is 10.3. The summed E-state index contributed by atoms with van der Waals surface area (Å²) in [5.74, 6) is -1.35. The lowest BCUT2D eigenvalue weighted by atomic mass is 10.3. The molecular formula is C12H8BrF4N3O. The Morgan fingerprint density at radius 2 is 2.05 bits per heavy atom. The monoisotopic (exact) mass is 365 g/mol. The number of hydrogen-bond donors (Lipinski definition) is 1. The molecule has 0 aliphatic rings. The number of carbonyl (C=O) groups excluding carboxylic acids is 1. The van der Waals surface area contributed by atoms with Crippen LogP contribution in [0, 0.1) is 5.82 Å². The van der Waals surface area contributed by atoms with Gasteiger partial charge in [0.1, 0.15) is 12.4 Å². The molecule has 0 radical (unpaired) electrons. The summed E-state index contributed by atoms with van der Waals surface area (Å²) in [5.41, 5.74) is -1.16. The number of carbonyl (C=O) groups is 1. The highest BCUT2D eigenvalue weighted by Gasteiger charge is 2.33. The van der Waals surface area contributed by atoms with Crippen LogP contribution in [-0.4, -0.2) is 15.7 Å². The number of hydrogen-bond acceptors (Lipinski definition) is 2. The minimum absolute atomic E-state index is 0.0635. The van der Waals surface area contributed by atoms with Gasteiger partial charge < -0.3 is 5.32 Å². The first-order valence-corrected chi connectivity index (χ1v) is 6.40. The molecule has 1 heterocycles. The molecule has 0 aliphatic carbocycles. The lowest BCUT2D eigenvalue weighted by Gasteiger charge is -2.07. The summed E-state index contributed by atoms with van der Waals surface area (Å²) in [4.78, 5) is 11.6. The van der Waals surface area contributed by atoms with Gasteiger partial charge in [0.25, 0.3) is 0 Å². The molecule has 9 heteroatoms. The van der Waals surface area contributed by atoms with Gasteiger partial charge in [-0.25, -0.2) is 4.39 Å². The minimum atomic E-state index is -4.57. The van der Waals surface area contributed by atoms with Crippen LogP contribution in [0.25, 0.3) is 0 Å². The van der Waals surface area contributed by atoms with Gasteiger partial charge in [-0.3, -0.25) is 9.48 Å². The van der Waals surface area contributed by atoms with Crippen molar-refractivity contribution in [2.24, 2.45) is 0 Å². The van der Waals surface area contributed by atoms with Crippen LogP contribution in [0.15, 0.2) is 34.9 Å². The van der Waals surface area contributed by atoms with Gasteiger partial charge in [0, 0.05) is 10.7 Å². The molecule has 1 amide bonds. The Morgan fingerprint density at radius 3 is 2.62 bits per heavy atom. The molecule has 2 rings (SSSR count). The van der Waals surface area contributed by atoms with E-state index < -0.39 is 30.1 Å². The molecule has 0 bridgehead atoms. The van der Waals surface area contributed by atoms with Gasteiger partial charge in [-0.15, -0.1) is 0 Å². The second-order valence-corrected chi connectivity index (χ2v) is 4.98. The van der Waals surface area contributed by atoms with Gasteiger partial charge in [0.2, 0.25) is 5.91 Å². The van der Waals surface area contributed by atoms with Crippen LogP contribution in [0.4, 0.5) is 23.2 Å². The maximum Gasteiger partial charge on any atom is 0.435 e. The molecule has 0 unspecified atom stereocenters. The van der Waals surface area contributed by atoms with E-state index in [2.05, 4.69) is 26.3 Å². The zero-order valence-corrected chi connectivity index (χ0v) is 11.9. The van der Waals surface area contributed by atoms with Crippen molar-refractivity contribution in [3.8, 4) is 0 Å². The molecule has 1 N–H and O–H groups in total. The maximum absolute atomic E-state index is 13.5. The third-order valence-corrected chi connectivity index (χ3v) is 2.94. The highest BCUT2D eigenvalue weighted by atomic mass is 79.9. The molecule has 21 heavy (non-hydrogen) atoms. The summed E-state index contributed by atoms with van der Waals surface area (Å²) in [7, 11) is 0. The summed E-state index contributed by atoms with van der Waals surface area (Å²) in [5, 5.41) is 5.49. The number of aromatic nitrogens is 2. The van der Waals surface area contributed by atoms with Crippen LogP contribution in [0.1, 0.15) is 5.69 Å². The minimum Gasteiger partial charge on any atom is -0.322 e. The molecule has 0 spiro atoms. The molecule has 1 aromatic carbocycles. The van der Waals surface area contributed by atoms with Crippen molar-refractivity contribution >= 4 is 27.5 Å². The van der Waals surface area contributed by atoms with E-state index in [-0.39, 0.29) is 5.69 Å². The topological polar surface area (TPSA) is 46.9 Å². The maximum atomic E-state index is 13.5. The number of nitrogens with one attached hydrogen (secondary N) is 1. The first kappa shape index (κ1) is 15.5. The van der Waals surface area contributed by atoms with E-state index in [1.165, 1.54) is 12.1 Å². The molecule has 0 saturated heterocycles. The molecule has 1 aromatic heterocycles. The largest absolute Gasteiger partial charge is 0.435 e. The van der Waals surface area contributed by atoms with Crippen LogP contribution < -0.4 is 5.32 Å². The number of amides is 1. The highest BCUT2D eigenvalue weighted by Crippen LogP contribution is 2.27. The molecular weight excluding hydrogens is 358 g/mol. The summed E-state index contributed by atoms with van der Waals surface area (Å²) in [6.45, 7) is -0.453. The van der Waals surface area contributed by atoms with E-state index in [0.717, 1.165) is 23.0 Å². The van der Waals surface area contributed by atoms with E-state index in [1.54, 1.807) is 0 Å². The van der Waals surface area contributed by atoms with Crippen LogP contribution >= 0.6 is 15.9 Å². The first-order valence-electron chi connectivity index (χ1n) is 5.61. The second kappa shape index (κ2) is 5.84. The average Bonchev–Trinajstić information content (AvgIpc) is 2.81. The Balaban J connectivity index is 2.03. The van der Waals surface area contributed by atoms with Crippen LogP contribution in [0.3, 0.4) is 0 Å². The highest BCUT2D eigenvalue weighted by molar-refractivity contribution is 9.10. The summed E-state index contributed by atoms with van der Waals surface area (Å²) >= 11 is 3.06. The van der Waals surface area contributed by atoms with Crippen LogP contribution in [0.5, 0.6) is 0 Å². The van der Waals surface area contributed by atoms with Crippen molar-refractivity contribution < 1.29 is 22.4 Å². The van der Waals surface area contributed by atoms with Crippen LogP contribution in [-0.2, 0) is 17.5 Å². The van der Waals surface area contributed by atoms with E-state index >= 15 is 0 Å². The molecule has 0 aliphatic heterocycles.